The van der Waals surface area contributed by atoms with E-state index >= 15 is 0 Å². The Hall–Kier alpha value is -0.673. The van der Waals surface area contributed by atoms with Crippen LogP contribution in [-0.2, 0) is 18.7 Å². The van der Waals surface area contributed by atoms with Crippen molar-refractivity contribution >= 4 is 14.1 Å². The molecule has 0 unspecified atom stereocenters. The van der Waals surface area contributed by atoms with Crippen LogP contribution in [-0.4, -0.2) is 38.2 Å². The largest absolute Gasteiger partial charge is 0.401 e. The van der Waals surface area contributed by atoms with E-state index in [1.54, 1.807) is 13.8 Å². The van der Waals surface area contributed by atoms with Crippen molar-refractivity contribution in [2.24, 2.45) is 0 Å². The summed E-state index contributed by atoms with van der Waals surface area (Å²) in [5.74, 6) is 1.84. The predicted octanol–water partition coefficient (Wildman–Crippen LogP) is 3.51. The van der Waals surface area contributed by atoms with E-state index in [0.717, 1.165) is 0 Å². The molecule has 0 aromatic heterocycles. The number of ether oxygens (including phenoxy) is 2. The molecule has 1 aliphatic heterocycles. The van der Waals surface area contributed by atoms with E-state index in [0.29, 0.717) is 6.42 Å². The van der Waals surface area contributed by atoms with Crippen LogP contribution in [0.2, 0.25) is 18.1 Å². The molecule has 0 N–H and O–H groups in total. The molecule has 0 aromatic rings. The lowest BCUT2D eigenvalue weighted by atomic mass is 10.0. The highest BCUT2D eigenvalue weighted by atomic mass is 28.4. The molecular weight excluding hydrogens is 296 g/mol. The van der Waals surface area contributed by atoms with E-state index in [1.165, 1.54) is 0 Å². The number of Topliss-reactive ketones (excluding diaryl/α,β-unsaturated/α-hetero) is 1. The average molecular weight is 327 g/mol. The van der Waals surface area contributed by atoms with Gasteiger partial charge in [0.2, 0.25) is 0 Å². The summed E-state index contributed by atoms with van der Waals surface area (Å²) in [6.45, 7) is 16.1. The van der Waals surface area contributed by atoms with Crippen LogP contribution in [0.25, 0.3) is 0 Å². The molecule has 0 amide bonds. The maximum atomic E-state index is 12.2. The third-order valence-electron chi connectivity index (χ3n) is 4.49. The molecule has 3 atom stereocenters. The molecule has 5 heteroatoms. The third-order valence-corrected chi connectivity index (χ3v) is 8.94. The Morgan fingerprint density at radius 3 is 2.32 bits per heavy atom. The van der Waals surface area contributed by atoms with Gasteiger partial charge in [0, 0.05) is 6.42 Å². The zero-order valence-electron chi connectivity index (χ0n) is 15.1. The minimum atomic E-state index is -2.07. The van der Waals surface area contributed by atoms with Crippen molar-refractivity contribution in [1.29, 1.82) is 0 Å². The molecule has 0 radical (unpaired) electrons. The van der Waals surface area contributed by atoms with Crippen molar-refractivity contribution in [3.05, 3.63) is 0 Å². The summed E-state index contributed by atoms with van der Waals surface area (Å²) < 4.78 is 18.0. The molecule has 0 bridgehead atoms. The van der Waals surface area contributed by atoms with Gasteiger partial charge in [-0.2, -0.15) is 0 Å². The van der Waals surface area contributed by atoms with Crippen molar-refractivity contribution < 1.29 is 18.7 Å². The first-order valence-corrected chi connectivity index (χ1v) is 10.8. The van der Waals surface area contributed by atoms with Gasteiger partial charge in [-0.05, 0) is 32.0 Å². The van der Waals surface area contributed by atoms with Crippen LogP contribution in [0.4, 0.5) is 0 Å². The summed E-state index contributed by atoms with van der Waals surface area (Å²) >= 11 is 0. The van der Waals surface area contributed by atoms with Gasteiger partial charge in [0.1, 0.15) is 18.3 Å². The molecular formula is C17H30O4Si. The van der Waals surface area contributed by atoms with Crippen LogP contribution in [0.15, 0.2) is 0 Å². The first kappa shape index (κ1) is 19.4. The molecule has 1 saturated heterocycles. The highest BCUT2D eigenvalue weighted by Gasteiger charge is 2.50. The minimum Gasteiger partial charge on any atom is -0.401 e. The van der Waals surface area contributed by atoms with Crippen LogP contribution in [0.5, 0.6) is 0 Å². The van der Waals surface area contributed by atoms with Crippen LogP contribution in [0.3, 0.4) is 0 Å². The standard InChI is InChI=1S/C17H30O4Si/c1-10-12(18)14-15(20-17(6,7)19-14)13(11-2)21-22(8,9)16(3,4)5/h2,13-15H,10H2,1,3-9H3/t13-,14+,15-/m0/s1. The summed E-state index contributed by atoms with van der Waals surface area (Å²) in [5, 5.41) is 0.0291. The predicted molar refractivity (Wildman–Crippen MR) is 90.0 cm³/mol. The zero-order chi connectivity index (χ0) is 17.3. The molecule has 22 heavy (non-hydrogen) atoms. The van der Waals surface area contributed by atoms with Gasteiger partial charge < -0.3 is 13.9 Å². The number of carbonyl (C=O) groups excluding carboxylic acids is 1. The summed E-state index contributed by atoms with van der Waals surface area (Å²) in [6, 6.07) is 0. The van der Waals surface area contributed by atoms with Crippen LogP contribution < -0.4 is 0 Å². The monoisotopic (exact) mass is 326 g/mol. The molecule has 0 aliphatic carbocycles. The summed E-state index contributed by atoms with van der Waals surface area (Å²) in [6.07, 6.45) is 4.29. The Labute approximate surface area is 136 Å². The van der Waals surface area contributed by atoms with Gasteiger partial charge in [0.25, 0.3) is 0 Å². The summed E-state index contributed by atoms with van der Waals surface area (Å²) in [7, 11) is -2.07. The van der Waals surface area contributed by atoms with Gasteiger partial charge in [-0.1, -0.05) is 33.6 Å². The SMILES string of the molecule is C#C[C@H](O[Si](C)(C)C(C)(C)C)[C@@H]1OC(C)(C)O[C@@H]1C(=O)CC. The smallest absolute Gasteiger partial charge is 0.193 e. The number of rotatable bonds is 5. The van der Waals surface area contributed by atoms with Crippen molar-refractivity contribution in [1.82, 2.24) is 0 Å². The van der Waals surface area contributed by atoms with Gasteiger partial charge in [-0.3, -0.25) is 4.79 Å². The lowest BCUT2D eigenvalue weighted by Gasteiger charge is -2.39. The fraction of sp³-hybridized carbons (Fsp3) is 0.824. The highest BCUT2D eigenvalue weighted by Crippen LogP contribution is 2.39. The van der Waals surface area contributed by atoms with E-state index in [-0.39, 0.29) is 10.8 Å². The lowest BCUT2D eigenvalue weighted by molar-refractivity contribution is -0.157. The van der Waals surface area contributed by atoms with Gasteiger partial charge in [-0.15, -0.1) is 6.42 Å². The first-order valence-electron chi connectivity index (χ1n) is 7.87. The Morgan fingerprint density at radius 1 is 1.36 bits per heavy atom. The van der Waals surface area contributed by atoms with Crippen LogP contribution in [0, 0.1) is 12.3 Å². The van der Waals surface area contributed by atoms with E-state index in [2.05, 4.69) is 39.8 Å². The van der Waals surface area contributed by atoms with E-state index < -0.39 is 32.4 Å². The van der Waals surface area contributed by atoms with Crippen molar-refractivity contribution in [3.8, 4) is 12.3 Å². The number of terminal acetylenes is 1. The fourth-order valence-electron chi connectivity index (χ4n) is 2.15. The van der Waals surface area contributed by atoms with Gasteiger partial charge in [0.05, 0.1) is 0 Å². The topological polar surface area (TPSA) is 44.8 Å². The number of hydrogen-bond donors (Lipinski definition) is 0. The molecule has 0 saturated carbocycles. The Kier molecular flexibility index (Phi) is 5.67. The highest BCUT2D eigenvalue weighted by molar-refractivity contribution is 6.74. The second kappa shape index (κ2) is 6.44. The Bertz CT molecular complexity index is 456. The zero-order valence-corrected chi connectivity index (χ0v) is 16.1. The third kappa shape index (κ3) is 4.20. The maximum absolute atomic E-state index is 12.2. The normalized spacial score (nSPS) is 26.5. The second-order valence-corrected chi connectivity index (χ2v) is 12.6. The van der Waals surface area contributed by atoms with Crippen molar-refractivity contribution in [3.63, 3.8) is 0 Å². The van der Waals surface area contributed by atoms with Crippen LogP contribution >= 0.6 is 0 Å². The molecule has 1 heterocycles. The Balaban J connectivity index is 3.03. The van der Waals surface area contributed by atoms with Gasteiger partial charge in [0.15, 0.2) is 19.9 Å². The first-order chi connectivity index (χ1) is 9.84. The second-order valence-electron chi connectivity index (χ2n) is 7.81. The van der Waals surface area contributed by atoms with E-state index in [1.807, 2.05) is 6.92 Å². The van der Waals surface area contributed by atoms with Gasteiger partial charge >= 0.3 is 0 Å². The molecule has 126 valence electrons. The lowest BCUT2D eigenvalue weighted by Crippen LogP contribution is -2.49. The fourth-order valence-corrected chi connectivity index (χ4v) is 3.34. The summed E-state index contributed by atoms with van der Waals surface area (Å²) in [5.41, 5.74) is 0. The van der Waals surface area contributed by atoms with Crippen LogP contribution in [0.1, 0.15) is 48.0 Å². The molecule has 1 rings (SSSR count). The molecule has 4 nitrogen and oxygen atoms in total. The molecule has 1 fully saturated rings. The number of carbonyl (C=O) groups is 1. The Morgan fingerprint density at radius 2 is 1.91 bits per heavy atom. The minimum absolute atomic E-state index is 0.00495. The van der Waals surface area contributed by atoms with E-state index in [4.69, 9.17) is 20.3 Å². The van der Waals surface area contributed by atoms with Crippen molar-refractivity contribution in [2.75, 3.05) is 0 Å². The quantitative estimate of drug-likeness (QED) is 0.573. The molecule has 0 spiro atoms. The maximum Gasteiger partial charge on any atom is 0.193 e. The number of hydrogen-bond acceptors (Lipinski definition) is 4. The van der Waals surface area contributed by atoms with Gasteiger partial charge in [-0.25, -0.2) is 0 Å². The number of ketones is 1. The molecule has 1 aliphatic rings. The summed E-state index contributed by atoms with van der Waals surface area (Å²) in [4.78, 5) is 12.2. The van der Waals surface area contributed by atoms with Crippen molar-refractivity contribution in [2.45, 2.75) is 90.2 Å². The average Bonchev–Trinajstić information content (AvgIpc) is 2.69. The van der Waals surface area contributed by atoms with E-state index in [9.17, 15) is 4.79 Å². The molecule has 0 aromatic carbocycles.